The van der Waals surface area contributed by atoms with Crippen LogP contribution in [0.5, 0.6) is 0 Å². The van der Waals surface area contributed by atoms with E-state index in [1.54, 1.807) is 30.5 Å². The fourth-order valence-electron chi connectivity index (χ4n) is 2.08. The molecule has 2 heterocycles. The molecular weight excluding hydrogens is 316 g/mol. The molecule has 0 bridgehead atoms. The highest BCUT2D eigenvalue weighted by atomic mass is 16.1. The summed E-state index contributed by atoms with van der Waals surface area (Å²) in [6.07, 6.45) is 4.60. The molecule has 25 heavy (non-hydrogen) atoms. The predicted molar refractivity (Wildman–Crippen MR) is 92.7 cm³/mol. The summed E-state index contributed by atoms with van der Waals surface area (Å²) in [6, 6.07) is 14.3. The number of aromatic nitrogens is 3. The van der Waals surface area contributed by atoms with Gasteiger partial charge in [-0.1, -0.05) is 12.1 Å². The van der Waals surface area contributed by atoms with Gasteiger partial charge in [0, 0.05) is 11.9 Å². The molecule has 0 aliphatic rings. The first-order valence-electron chi connectivity index (χ1n) is 7.52. The number of nitrogens with one attached hydrogen (secondary N) is 2. The minimum Gasteiger partial charge on any atom is -0.363 e. The van der Waals surface area contributed by atoms with Gasteiger partial charge in [0.2, 0.25) is 0 Å². The maximum atomic E-state index is 12.2. The van der Waals surface area contributed by atoms with Crippen LogP contribution in [0, 0.1) is 11.3 Å². The molecule has 2 aromatic heterocycles. The van der Waals surface area contributed by atoms with Crippen LogP contribution in [-0.2, 0) is 6.54 Å². The number of hydrogen-bond donors (Lipinski definition) is 2. The lowest BCUT2D eigenvalue weighted by Crippen LogP contribution is -2.14. The van der Waals surface area contributed by atoms with Gasteiger partial charge in [-0.25, -0.2) is 9.97 Å². The van der Waals surface area contributed by atoms with Crippen molar-refractivity contribution in [1.82, 2.24) is 15.0 Å². The molecule has 0 unspecified atom stereocenters. The zero-order chi connectivity index (χ0) is 17.5. The number of rotatable bonds is 5. The van der Waals surface area contributed by atoms with Gasteiger partial charge in [-0.15, -0.1) is 0 Å². The average molecular weight is 330 g/mol. The van der Waals surface area contributed by atoms with Crippen molar-refractivity contribution in [3.8, 4) is 6.07 Å². The molecule has 0 aliphatic heterocycles. The third kappa shape index (κ3) is 4.36. The Hall–Kier alpha value is -3.79. The Morgan fingerprint density at radius 2 is 2.00 bits per heavy atom. The van der Waals surface area contributed by atoms with Crippen molar-refractivity contribution in [3.63, 3.8) is 0 Å². The summed E-state index contributed by atoms with van der Waals surface area (Å²) < 4.78 is 0. The molecule has 1 amide bonds. The van der Waals surface area contributed by atoms with Crippen molar-refractivity contribution < 1.29 is 4.79 Å². The zero-order valence-corrected chi connectivity index (χ0v) is 13.2. The van der Waals surface area contributed by atoms with E-state index in [4.69, 9.17) is 5.26 Å². The summed E-state index contributed by atoms with van der Waals surface area (Å²) in [7, 11) is 0. The number of pyridine rings is 1. The van der Waals surface area contributed by atoms with Gasteiger partial charge in [0.1, 0.15) is 11.5 Å². The number of nitriles is 1. The Morgan fingerprint density at radius 3 is 2.72 bits per heavy atom. The first-order valence-corrected chi connectivity index (χ1v) is 7.52. The topological polar surface area (TPSA) is 104 Å². The minimum atomic E-state index is -0.390. The second-order valence-electron chi connectivity index (χ2n) is 5.11. The van der Waals surface area contributed by atoms with Crippen LogP contribution in [0.2, 0.25) is 0 Å². The van der Waals surface area contributed by atoms with Gasteiger partial charge in [0.25, 0.3) is 5.91 Å². The Kier molecular flexibility index (Phi) is 4.93. The predicted octanol–water partition coefficient (Wildman–Crippen LogP) is 2.61. The van der Waals surface area contributed by atoms with E-state index in [0.29, 0.717) is 23.6 Å². The quantitative estimate of drug-likeness (QED) is 0.745. The maximum absolute atomic E-state index is 12.2. The molecule has 0 spiro atoms. The number of amides is 1. The van der Waals surface area contributed by atoms with Crippen molar-refractivity contribution in [3.05, 3.63) is 78.0 Å². The lowest BCUT2D eigenvalue weighted by Gasteiger charge is -2.07. The van der Waals surface area contributed by atoms with Gasteiger partial charge in [0.05, 0.1) is 36.3 Å². The molecule has 0 aliphatic carbocycles. The Balaban J connectivity index is 1.61. The summed E-state index contributed by atoms with van der Waals surface area (Å²) in [5, 5.41) is 14.7. The van der Waals surface area contributed by atoms with Gasteiger partial charge in [-0.05, 0) is 30.3 Å². The SMILES string of the molecule is N#Cc1cccc(NC(=O)c2cnc(NCc3ccccn3)cn2)c1. The van der Waals surface area contributed by atoms with Crippen LogP contribution >= 0.6 is 0 Å². The van der Waals surface area contributed by atoms with E-state index in [9.17, 15) is 4.79 Å². The molecule has 1 aromatic carbocycles. The largest absolute Gasteiger partial charge is 0.363 e. The molecule has 0 saturated carbocycles. The van der Waals surface area contributed by atoms with Crippen LogP contribution in [0.1, 0.15) is 21.7 Å². The summed E-state index contributed by atoms with van der Waals surface area (Å²) in [6.45, 7) is 0.516. The molecule has 7 nitrogen and oxygen atoms in total. The Labute approximate surface area is 144 Å². The van der Waals surface area contributed by atoms with E-state index in [-0.39, 0.29) is 11.6 Å². The highest BCUT2D eigenvalue weighted by molar-refractivity contribution is 6.02. The first-order chi connectivity index (χ1) is 12.2. The third-order valence-corrected chi connectivity index (χ3v) is 3.31. The number of anilines is 2. The van der Waals surface area contributed by atoms with Crippen LogP contribution < -0.4 is 10.6 Å². The van der Waals surface area contributed by atoms with Crippen LogP contribution in [0.3, 0.4) is 0 Å². The molecule has 2 N–H and O–H groups in total. The smallest absolute Gasteiger partial charge is 0.275 e. The lowest BCUT2D eigenvalue weighted by atomic mass is 10.2. The zero-order valence-electron chi connectivity index (χ0n) is 13.2. The summed E-state index contributed by atoms with van der Waals surface area (Å²) in [5.41, 5.74) is 2.07. The van der Waals surface area contributed by atoms with Gasteiger partial charge in [-0.2, -0.15) is 5.26 Å². The third-order valence-electron chi connectivity index (χ3n) is 3.31. The maximum Gasteiger partial charge on any atom is 0.275 e. The van der Waals surface area contributed by atoms with Crippen molar-refractivity contribution >= 4 is 17.4 Å². The molecule has 3 aromatic rings. The van der Waals surface area contributed by atoms with Crippen LogP contribution in [0.15, 0.2) is 61.1 Å². The molecule has 0 saturated heterocycles. The Bertz CT molecular complexity index is 903. The molecule has 3 rings (SSSR count). The van der Waals surface area contributed by atoms with Gasteiger partial charge in [0.15, 0.2) is 0 Å². The van der Waals surface area contributed by atoms with E-state index in [1.807, 2.05) is 24.3 Å². The normalized spacial score (nSPS) is 9.88. The number of nitrogens with zero attached hydrogens (tertiary/aromatic N) is 4. The van der Waals surface area contributed by atoms with E-state index in [1.165, 1.54) is 12.4 Å². The highest BCUT2D eigenvalue weighted by Gasteiger charge is 2.09. The van der Waals surface area contributed by atoms with Crippen molar-refractivity contribution in [2.45, 2.75) is 6.54 Å². The second kappa shape index (κ2) is 7.66. The molecule has 122 valence electrons. The summed E-state index contributed by atoms with van der Waals surface area (Å²) in [5.74, 6) is 0.160. The minimum absolute atomic E-state index is 0.186. The monoisotopic (exact) mass is 330 g/mol. The van der Waals surface area contributed by atoms with E-state index in [0.717, 1.165) is 5.69 Å². The number of carbonyl (C=O) groups is 1. The number of carbonyl (C=O) groups excluding carboxylic acids is 1. The van der Waals surface area contributed by atoms with Crippen molar-refractivity contribution in [1.29, 1.82) is 5.26 Å². The molecule has 7 heteroatoms. The van der Waals surface area contributed by atoms with Gasteiger partial charge >= 0.3 is 0 Å². The van der Waals surface area contributed by atoms with E-state index in [2.05, 4.69) is 25.6 Å². The molecule has 0 radical (unpaired) electrons. The van der Waals surface area contributed by atoms with Crippen molar-refractivity contribution in [2.24, 2.45) is 0 Å². The molecule has 0 atom stereocenters. The van der Waals surface area contributed by atoms with Gasteiger partial charge in [-0.3, -0.25) is 9.78 Å². The first kappa shape index (κ1) is 16.1. The van der Waals surface area contributed by atoms with Crippen molar-refractivity contribution in [2.75, 3.05) is 10.6 Å². The summed E-state index contributed by atoms with van der Waals surface area (Å²) >= 11 is 0. The van der Waals surface area contributed by atoms with E-state index >= 15 is 0 Å². The van der Waals surface area contributed by atoms with Crippen LogP contribution in [-0.4, -0.2) is 20.9 Å². The molecular formula is C18H14N6O. The van der Waals surface area contributed by atoms with Crippen LogP contribution in [0.4, 0.5) is 11.5 Å². The second-order valence-corrected chi connectivity index (χ2v) is 5.11. The Morgan fingerprint density at radius 1 is 1.08 bits per heavy atom. The average Bonchev–Trinajstić information content (AvgIpc) is 2.67. The highest BCUT2D eigenvalue weighted by Crippen LogP contribution is 2.11. The van der Waals surface area contributed by atoms with Crippen LogP contribution in [0.25, 0.3) is 0 Å². The fourth-order valence-corrected chi connectivity index (χ4v) is 2.08. The lowest BCUT2D eigenvalue weighted by molar-refractivity contribution is 0.102. The standard InChI is InChI=1S/C18H14N6O/c19-9-13-4-3-6-14(8-13)24-18(25)16-11-23-17(12-21-16)22-10-15-5-1-2-7-20-15/h1-8,11-12H,10H2,(H,22,23)(H,24,25). The van der Waals surface area contributed by atoms with E-state index < -0.39 is 0 Å². The summed E-state index contributed by atoms with van der Waals surface area (Å²) in [4.78, 5) is 24.7. The number of hydrogen-bond acceptors (Lipinski definition) is 6. The van der Waals surface area contributed by atoms with Gasteiger partial charge < -0.3 is 10.6 Å². The molecule has 0 fully saturated rings. The number of benzene rings is 1. The fraction of sp³-hybridized carbons (Fsp3) is 0.0556.